The van der Waals surface area contributed by atoms with Gasteiger partial charge in [-0.1, -0.05) is 20.8 Å². The molecule has 1 aromatic heterocycles. The van der Waals surface area contributed by atoms with Crippen LogP contribution in [0.4, 0.5) is 0 Å². The number of ketones is 1. The Balaban J connectivity index is 2.55. The van der Waals surface area contributed by atoms with Crippen LogP contribution in [0.2, 0.25) is 0 Å². The highest BCUT2D eigenvalue weighted by Gasteiger charge is 2.13. The van der Waals surface area contributed by atoms with Gasteiger partial charge in [-0.3, -0.25) is 4.79 Å². The molecule has 0 spiro atoms. The van der Waals surface area contributed by atoms with Gasteiger partial charge in [0.05, 0.1) is 5.75 Å². The summed E-state index contributed by atoms with van der Waals surface area (Å²) in [5, 5.41) is 0.540. The Morgan fingerprint density at radius 1 is 1.56 bits per heavy atom. The first kappa shape index (κ1) is 13.3. The number of aryl methyl sites for hydroxylation is 1. The number of hydrogen-bond donors (Lipinski definition) is 0. The van der Waals surface area contributed by atoms with E-state index >= 15 is 0 Å². The van der Waals surface area contributed by atoms with Crippen molar-refractivity contribution >= 4 is 17.5 Å². The minimum atomic E-state index is 0.142. The zero-order valence-corrected chi connectivity index (χ0v) is 11.1. The smallest absolute Gasteiger partial charge is 0.208 e. The quantitative estimate of drug-likeness (QED) is 0.687. The largest absolute Gasteiger partial charge is 0.329 e. The predicted molar refractivity (Wildman–Crippen MR) is 69.1 cm³/mol. The molecule has 1 rings (SSSR count). The van der Waals surface area contributed by atoms with E-state index in [0.717, 1.165) is 19.4 Å². The van der Waals surface area contributed by atoms with Crippen molar-refractivity contribution in [3.8, 4) is 0 Å². The lowest BCUT2D eigenvalue weighted by molar-refractivity contribution is 0.100. The van der Waals surface area contributed by atoms with Crippen molar-refractivity contribution in [1.29, 1.82) is 0 Å². The monoisotopic (exact) mass is 240 g/mol. The van der Waals surface area contributed by atoms with Gasteiger partial charge in [-0.25, -0.2) is 4.98 Å². The summed E-state index contributed by atoms with van der Waals surface area (Å²) in [6, 6.07) is 0. The zero-order valence-electron chi connectivity index (χ0n) is 10.3. The third kappa shape index (κ3) is 3.67. The van der Waals surface area contributed by atoms with Crippen LogP contribution in [0.25, 0.3) is 0 Å². The van der Waals surface area contributed by atoms with Crippen LogP contribution in [0.3, 0.4) is 0 Å². The molecule has 1 atom stereocenters. The first-order valence-corrected chi connectivity index (χ1v) is 6.89. The fraction of sp³-hybridized carbons (Fsp3) is 0.667. The molecule has 0 radical (unpaired) electrons. The molecule has 90 valence electrons. The first-order chi connectivity index (χ1) is 7.69. The third-order valence-corrected chi connectivity index (χ3v) is 3.83. The van der Waals surface area contributed by atoms with Gasteiger partial charge in [0.1, 0.15) is 0 Å². The number of aromatic nitrogens is 2. The summed E-state index contributed by atoms with van der Waals surface area (Å²) in [6.45, 7) is 7.26. The second kappa shape index (κ2) is 6.74. The second-order valence-electron chi connectivity index (χ2n) is 3.90. The van der Waals surface area contributed by atoms with Crippen molar-refractivity contribution in [1.82, 2.24) is 9.55 Å². The highest BCUT2D eigenvalue weighted by molar-refractivity contribution is 8.00. The molecule has 1 aromatic rings. The number of hydrogen-bond acceptors (Lipinski definition) is 3. The topological polar surface area (TPSA) is 34.9 Å². The van der Waals surface area contributed by atoms with E-state index in [-0.39, 0.29) is 5.78 Å². The molecule has 0 bridgehead atoms. The van der Waals surface area contributed by atoms with Gasteiger partial charge in [0, 0.05) is 24.2 Å². The van der Waals surface area contributed by atoms with Gasteiger partial charge in [-0.2, -0.15) is 11.8 Å². The summed E-state index contributed by atoms with van der Waals surface area (Å²) in [5.41, 5.74) is 0. The van der Waals surface area contributed by atoms with E-state index in [1.165, 1.54) is 0 Å². The van der Waals surface area contributed by atoms with E-state index in [9.17, 15) is 4.79 Å². The summed E-state index contributed by atoms with van der Waals surface area (Å²) in [5.74, 6) is 1.29. The first-order valence-electron chi connectivity index (χ1n) is 5.85. The van der Waals surface area contributed by atoms with E-state index < -0.39 is 0 Å². The zero-order chi connectivity index (χ0) is 12.0. The molecule has 0 aliphatic heterocycles. The molecule has 0 aromatic carbocycles. The maximum Gasteiger partial charge on any atom is 0.208 e. The number of carbonyl (C=O) groups excluding carboxylic acids is 1. The van der Waals surface area contributed by atoms with Crippen LogP contribution >= 0.6 is 11.8 Å². The van der Waals surface area contributed by atoms with E-state index in [4.69, 9.17) is 0 Å². The Kier molecular flexibility index (Phi) is 5.60. The van der Waals surface area contributed by atoms with Gasteiger partial charge in [-0.15, -0.1) is 0 Å². The highest BCUT2D eigenvalue weighted by atomic mass is 32.2. The number of nitrogens with zero attached hydrogens (tertiary/aromatic N) is 2. The molecule has 0 N–H and O–H groups in total. The average molecular weight is 240 g/mol. The lowest BCUT2D eigenvalue weighted by Gasteiger charge is -2.08. The van der Waals surface area contributed by atoms with Crippen molar-refractivity contribution in [2.45, 2.75) is 45.4 Å². The molecular formula is C12H20N2OS. The fourth-order valence-electron chi connectivity index (χ4n) is 1.38. The minimum Gasteiger partial charge on any atom is -0.329 e. The van der Waals surface area contributed by atoms with E-state index in [1.54, 1.807) is 18.0 Å². The number of thioether (sulfide) groups is 1. The van der Waals surface area contributed by atoms with E-state index in [1.807, 2.05) is 10.8 Å². The van der Waals surface area contributed by atoms with E-state index in [0.29, 0.717) is 16.8 Å². The minimum absolute atomic E-state index is 0.142. The molecule has 16 heavy (non-hydrogen) atoms. The fourth-order valence-corrected chi connectivity index (χ4v) is 2.18. The van der Waals surface area contributed by atoms with Gasteiger partial charge in [-0.05, 0) is 12.8 Å². The average Bonchev–Trinajstić information content (AvgIpc) is 2.74. The second-order valence-corrected chi connectivity index (χ2v) is 5.32. The van der Waals surface area contributed by atoms with Crippen LogP contribution in [-0.2, 0) is 6.54 Å². The Labute approximate surface area is 102 Å². The van der Waals surface area contributed by atoms with Crippen LogP contribution < -0.4 is 0 Å². The Morgan fingerprint density at radius 2 is 2.31 bits per heavy atom. The van der Waals surface area contributed by atoms with Crippen molar-refractivity contribution in [3.05, 3.63) is 18.2 Å². The van der Waals surface area contributed by atoms with Crippen molar-refractivity contribution in [2.24, 2.45) is 0 Å². The van der Waals surface area contributed by atoms with Crippen LogP contribution in [0, 0.1) is 0 Å². The molecule has 0 fully saturated rings. The molecule has 0 saturated carbocycles. The summed E-state index contributed by atoms with van der Waals surface area (Å²) in [7, 11) is 0. The van der Waals surface area contributed by atoms with Crippen LogP contribution in [0.15, 0.2) is 12.4 Å². The Hall–Kier alpha value is -0.770. The van der Waals surface area contributed by atoms with Gasteiger partial charge >= 0.3 is 0 Å². The normalized spacial score (nSPS) is 12.7. The third-order valence-electron chi connectivity index (χ3n) is 2.50. The lowest BCUT2D eigenvalue weighted by Crippen LogP contribution is -2.13. The molecular weight excluding hydrogens is 220 g/mol. The standard InChI is InChI=1S/C12H20N2OS/c1-4-7-14-8-6-13-12(14)11(15)9-16-10(3)5-2/h6,8,10H,4-5,7,9H2,1-3H3. The molecule has 0 amide bonds. The van der Waals surface area contributed by atoms with Crippen molar-refractivity contribution in [2.75, 3.05) is 5.75 Å². The molecule has 1 heterocycles. The van der Waals surface area contributed by atoms with Gasteiger partial charge < -0.3 is 4.57 Å². The predicted octanol–water partition coefficient (Wildman–Crippen LogP) is 3.01. The Bertz CT molecular complexity index is 336. The van der Waals surface area contributed by atoms with Gasteiger partial charge in [0.15, 0.2) is 5.82 Å². The van der Waals surface area contributed by atoms with Gasteiger partial charge in [0.25, 0.3) is 0 Å². The summed E-state index contributed by atoms with van der Waals surface area (Å²) < 4.78 is 1.94. The van der Waals surface area contributed by atoms with Gasteiger partial charge in [0.2, 0.25) is 5.78 Å². The van der Waals surface area contributed by atoms with Crippen LogP contribution in [0.1, 0.15) is 44.2 Å². The van der Waals surface area contributed by atoms with Crippen LogP contribution in [0.5, 0.6) is 0 Å². The Morgan fingerprint density at radius 3 is 2.94 bits per heavy atom. The maximum atomic E-state index is 11.9. The highest BCUT2D eigenvalue weighted by Crippen LogP contribution is 2.15. The molecule has 0 aliphatic rings. The summed E-state index contributed by atoms with van der Waals surface area (Å²) >= 11 is 1.71. The molecule has 0 saturated heterocycles. The van der Waals surface area contributed by atoms with Crippen molar-refractivity contribution < 1.29 is 4.79 Å². The van der Waals surface area contributed by atoms with E-state index in [2.05, 4.69) is 25.8 Å². The SMILES string of the molecule is CCCn1ccnc1C(=O)CSC(C)CC. The lowest BCUT2D eigenvalue weighted by atomic mass is 10.4. The number of imidazole rings is 1. The molecule has 4 heteroatoms. The molecule has 0 aliphatic carbocycles. The number of rotatable bonds is 7. The number of carbonyl (C=O) groups is 1. The summed E-state index contributed by atoms with van der Waals surface area (Å²) in [6.07, 6.45) is 5.71. The maximum absolute atomic E-state index is 11.9. The van der Waals surface area contributed by atoms with Crippen molar-refractivity contribution in [3.63, 3.8) is 0 Å². The molecule has 1 unspecified atom stereocenters. The number of Topliss-reactive ketones (excluding diaryl/α,β-unsaturated/α-hetero) is 1. The summed E-state index contributed by atoms with van der Waals surface area (Å²) in [4.78, 5) is 16.1. The van der Waals surface area contributed by atoms with Crippen LogP contribution in [-0.4, -0.2) is 26.3 Å². The molecule has 3 nitrogen and oxygen atoms in total.